The van der Waals surface area contributed by atoms with Gasteiger partial charge in [-0.15, -0.1) is 0 Å². The number of hydrogen-bond donors (Lipinski definition) is 3. The molecule has 352 valence electrons. The second kappa shape index (κ2) is 43.0. The van der Waals surface area contributed by atoms with Crippen LogP contribution in [0.4, 0.5) is 0 Å². The molecule has 0 aliphatic heterocycles. The topological polar surface area (TPSA) is 105 Å². The lowest BCUT2D eigenvalue weighted by Gasteiger charge is -2.25. The first kappa shape index (κ1) is 58.7. The average Bonchev–Trinajstić information content (AvgIpc) is 3.21. The van der Waals surface area contributed by atoms with Crippen LogP contribution >= 0.6 is 7.82 Å². The molecule has 0 bridgehead atoms. The van der Waals surface area contributed by atoms with Gasteiger partial charge in [0.05, 0.1) is 39.9 Å². The zero-order chi connectivity index (χ0) is 45.0. The van der Waals surface area contributed by atoms with Gasteiger partial charge in [-0.3, -0.25) is 13.8 Å². The van der Waals surface area contributed by atoms with Crippen molar-refractivity contribution in [3.8, 4) is 0 Å². The molecule has 0 saturated carbocycles. The van der Waals surface area contributed by atoms with Gasteiger partial charge in [0.25, 0.3) is 0 Å². The number of aliphatic hydroxyl groups is 1. The van der Waals surface area contributed by atoms with Crippen molar-refractivity contribution >= 4 is 13.7 Å². The summed E-state index contributed by atoms with van der Waals surface area (Å²) in [7, 11) is 1.53. The Balaban J connectivity index is 4.46. The lowest BCUT2D eigenvalue weighted by Crippen LogP contribution is -2.45. The van der Waals surface area contributed by atoms with Gasteiger partial charge >= 0.3 is 7.82 Å². The first-order valence-electron chi connectivity index (χ1n) is 24.5. The molecule has 0 aliphatic rings. The molecule has 1 amide bonds. The van der Waals surface area contributed by atoms with Crippen LogP contribution in [-0.2, 0) is 18.4 Å². The van der Waals surface area contributed by atoms with Crippen LogP contribution in [0.1, 0.15) is 187 Å². The van der Waals surface area contributed by atoms with Crippen molar-refractivity contribution in [2.45, 2.75) is 199 Å². The predicted octanol–water partition coefficient (Wildman–Crippen LogP) is 14.1. The number of nitrogens with one attached hydrogen (secondary N) is 1. The molecule has 61 heavy (non-hydrogen) atoms. The molecule has 3 unspecified atom stereocenters. The summed E-state index contributed by atoms with van der Waals surface area (Å²) in [5.74, 6) is -0.209. The van der Waals surface area contributed by atoms with Crippen LogP contribution in [0.25, 0.3) is 0 Å². The van der Waals surface area contributed by atoms with Gasteiger partial charge in [0, 0.05) is 6.42 Å². The Labute approximate surface area is 376 Å². The van der Waals surface area contributed by atoms with E-state index in [1.807, 2.05) is 27.2 Å². The smallest absolute Gasteiger partial charge is 0.387 e. The third kappa shape index (κ3) is 45.5. The Morgan fingerprint density at radius 3 is 1.51 bits per heavy atom. The van der Waals surface area contributed by atoms with Gasteiger partial charge in [0.15, 0.2) is 0 Å². The van der Waals surface area contributed by atoms with E-state index in [1.54, 1.807) is 6.08 Å². The van der Waals surface area contributed by atoms with Crippen molar-refractivity contribution in [1.29, 1.82) is 0 Å². The minimum Gasteiger partial charge on any atom is -0.387 e. The molecule has 0 aromatic rings. The Morgan fingerprint density at radius 1 is 0.574 bits per heavy atom. The molecular weight excluding hydrogens is 780 g/mol. The van der Waals surface area contributed by atoms with E-state index < -0.39 is 20.0 Å². The predicted molar refractivity (Wildman–Crippen MR) is 263 cm³/mol. The number of carbonyl (C=O) groups excluding carboxylic acids is 1. The molecule has 0 heterocycles. The van der Waals surface area contributed by atoms with E-state index in [0.29, 0.717) is 17.4 Å². The lowest BCUT2D eigenvalue weighted by atomic mass is 10.0. The highest BCUT2D eigenvalue weighted by Gasteiger charge is 2.27. The number of allylic oxidation sites excluding steroid dienone is 13. The van der Waals surface area contributed by atoms with E-state index in [-0.39, 0.29) is 19.1 Å². The Morgan fingerprint density at radius 2 is 1.00 bits per heavy atom. The lowest BCUT2D eigenvalue weighted by molar-refractivity contribution is -0.870. The molecule has 3 N–H and O–H groups in total. The van der Waals surface area contributed by atoms with E-state index >= 15 is 0 Å². The molecule has 9 heteroatoms. The Hall–Kier alpha value is -2.32. The van der Waals surface area contributed by atoms with Gasteiger partial charge in [0.1, 0.15) is 13.2 Å². The minimum atomic E-state index is -4.36. The maximum atomic E-state index is 12.9. The number of unbranched alkanes of at least 4 members (excludes halogenated alkanes) is 18. The zero-order valence-corrected chi connectivity index (χ0v) is 40.8. The number of hydrogen-bond acceptors (Lipinski definition) is 5. The standard InChI is InChI=1S/C52H93N2O6P/c1-6-8-10-12-14-16-18-20-22-24-26-27-28-30-32-34-36-38-40-42-44-46-52(56)53-50(49-60-61(57,58)59-48-47-54(3,4)5)51(55)45-43-41-39-37-35-33-31-29-25-23-21-19-17-15-13-11-9-7-2/h8,10,14,16,20,22,26-27,30,32,35,37,43,45,50-51,55H,6-7,9,11-13,15,17-19,21,23-25,28-29,31,33-34,36,38-42,44,46-49H2,1-5H3,(H-,53,56,57,58)/p+1/b10-8-,16-14-,22-20-,27-26-,32-30-,37-35+,45-43+. The highest BCUT2D eigenvalue weighted by molar-refractivity contribution is 7.47. The second-order valence-electron chi connectivity index (χ2n) is 17.4. The highest BCUT2D eigenvalue weighted by atomic mass is 31.2. The summed E-state index contributed by atoms with van der Waals surface area (Å²) < 4.78 is 23.6. The minimum absolute atomic E-state index is 0.0475. The number of phosphoric acid groups is 1. The molecule has 3 atom stereocenters. The molecular formula is C52H94N2O6P+. The summed E-state index contributed by atoms with van der Waals surface area (Å²) in [4.78, 5) is 23.2. The van der Waals surface area contributed by atoms with E-state index in [2.05, 4.69) is 92.1 Å². The summed E-state index contributed by atoms with van der Waals surface area (Å²) in [6.45, 7) is 4.65. The van der Waals surface area contributed by atoms with Crippen LogP contribution in [0.5, 0.6) is 0 Å². The third-order valence-corrected chi connectivity index (χ3v) is 11.3. The van der Waals surface area contributed by atoms with Crippen LogP contribution in [0.3, 0.4) is 0 Å². The number of quaternary nitrogens is 1. The molecule has 0 fully saturated rings. The van der Waals surface area contributed by atoms with Crippen LogP contribution in [0.2, 0.25) is 0 Å². The van der Waals surface area contributed by atoms with Crippen molar-refractivity contribution in [2.75, 3.05) is 40.9 Å². The van der Waals surface area contributed by atoms with Crippen molar-refractivity contribution in [2.24, 2.45) is 0 Å². The fourth-order valence-corrected chi connectivity index (χ4v) is 7.23. The molecule has 0 aromatic carbocycles. The highest BCUT2D eigenvalue weighted by Crippen LogP contribution is 2.43. The van der Waals surface area contributed by atoms with Crippen molar-refractivity contribution in [3.05, 3.63) is 85.1 Å². The number of aliphatic hydroxyl groups excluding tert-OH is 1. The number of rotatable bonds is 43. The van der Waals surface area contributed by atoms with Gasteiger partial charge in [-0.05, 0) is 77.0 Å². The van der Waals surface area contributed by atoms with Crippen LogP contribution in [0.15, 0.2) is 85.1 Å². The summed E-state index contributed by atoms with van der Waals surface area (Å²) in [5.41, 5.74) is 0. The van der Waals surface area contributed by atoms with E-state index in [4.69, 9.17) is 9.05 Å². The van der Waals surface area contributed by atoms with Gasteiger partial charge < -0.3 is 19.8 Å². The van der Waals surface area contributed by atoms with Gasteiger partial charge in [-0.25, -0.2) is 4.57 Å². The maximum Gasteiger partial charge on any atom is 0.472 e. The van der Waals surface area contributed by atoms with Crippen LogP contribution in [0, 0.1) is 0 Å². The van der Waals surface area contributed by atoms with E-state index in [1.165, 1.54) is 77.0 Å². The summed E-state index contributed by atoms with van der Waals surface area (Å²) in [6, 6.07) is -0.879. The zero-order valence-electron chi connectivity index (χ0n) is 39.9. The first-order chi connectivity index (χ1) is 29.5. The van der Waals surface area contributed by atoms with E-state index in [0.717, 1.165) is 89.9 Å². The van der Waals surface area contributed by atoms with Gasteiger partial charge in [-0.1, -0.05) is 189 Å². The SMILES string of the molecule is CC/C=C\C/C=C\C/C=C\C/C=C\C/C=C\CCCCCCCC(=O)NC(COP(=O)(O)OCC[N+](C)(C)C)C(O)/C=C/CC/C=C/CCCCCCCCCCCCCC. The second-order valence-corrected chi connectivity index (χ2v) is 18.9. The molecule has 0 radical (unpaired) electrons. The maximum absolute atomic E-state index is 12.9. The molecule has 0 saturated heterocycles. The van der Waals surface area contributed by atoms with Crippen LogP contribution in [-0.4, -0.2) is 73.4 Å². The number of likely N-dealkylation sites (N-methyl/N-ethyl adjacent to an activating group) is 1. The van der Waals surface area contributed by atoms with Crippen molar-refractivity contribution in [3.63, 3.8) is 0 Å². The molecule has 0 aliphatic carbocycles. The average molecular weight is 874 g/mol. The largest absolute Gasteiger partial charge is 0.472 e. The normalized spacial score (nSPS) is 14.9. The molecule has 0 rings (SSSR count). The summed E-state index contributed by atoms with van der Waals surface area (Å²) >= 11 is 0. The summed E-state index contributed by atoms with van der Waals surface area (Å²) in [5, 5.41) is 13.8. The molecule has 0 aromatic heterocycles. The van der Waals surface area contributed by atoms with E-state index in [9.17, 15) is 19.4 Å². The number of nitrogens with zero attached hydrogens (tertiary/aromatic N) is 1. The third-order valence-electron chi connectivity index (χ3n) is 10.3. The number of amides is 1. The van der Waals surface area contributed by atoms with Gasteiger partial charge in [0.2, 0.25) is 5.91 Å². The number of phosphoric ester groups is 1. The molecule has 8 nitrogen and oxygen atoms in total. The van der Waals surface area contributed by atoms with Crippen LogP contribution < -0.4 is 5.32 Å². The number of carbonyl (C=O) groups is 1. The fourth-order valence-electron chi connectivity index (χ4n) is 6.49. The monoisotopic (exact) mass is 874 g/mol. The first-order valence-corrected chi connectivity index (χ1v) is 26.0. The van der Waals surface area contributed by atoms with Gasteiger partial charge in [-0.2, -0.15) is 0 Å². The van der Waals surface area contributed by atoms with Crippen molar-refractivity contribution in [1.82, 2.24) is 5.32 Å². The van der Waals surface area contributed by atoms with Crippen molar-refractivity contribution < 1.29 is 32.9 Å². The Bertz CT molecular complexity index is 1260. The summed E-state index contributed by atoms with van der Waals surface area (Å²) in [6.07, 6.45) is 59.4. The molecule has 0 spiro atoms. The quantitative estimate of drug-likeness (QED) is 0.0244. The fraction of sp³-hybridized carbons (Fsp3) is 0.712. The Kier molecular flexibility index (Phi) is 41.3.